The number of unbranched alkanes of at least 4 members (excludes halogenated alkanes) is 4. The SMILES string of the molecule is C=CC(CCCCCCC)[Si](OC)(OC)OC. The molecule has 0 aliphatic heterocycles. The molecule has 3 nitrogen and oxygen atoms in total. The van der Waals surface area contributed by atoms with E-state index in [1.165, 1.54) is 32.1 Å². The van der Waals surface area contributed by atoms with Crippen molar-refractivity contribution in [2.45, 2.75) is 51.0 Å². The molecular formula is C13H28O3Si. The van der Waals surface area contributed by atoms with Crippen molar-refractivity contribution in [3.8, 4) is 0 Å². The fraction of sp³-hybridized carbons (Fsp3) is 0.846. The summed E-state index contributed by atoms with van der Waals surface area (Å²) in [4.78, 5) is 0. The molecule has 0 aromatic rings. The zero-order chi connectivity index (χ0) is 13.1. The lowest BCUT2D eigenvalue weighted by Gasteiger charge is -2.30. The summed E-state index contributed by atoms with van der Waals surface area (Å²) in [5, 5.41) is 0. The van der Waals surface area contributed by atoms with E-state index in [2.05, 4.69) is 13.5 Å². The number of hydrogen-bond acceptors (Lipinski definition) is 3. The Morgan fingerprint density at radius 3 is 1.94 bits per heavy atom. The van der Waals surface area contributed by atoms with Crippen molar-refractivity contribution in [1.29, 1.82) is 0 Å². The van der Waals surface area contributed by atoms with E-state index in [0.29, 0.717) is 0 Å². The second kappa shape index (κ2) is 9.83. The Hall–Kier alpha value is -0.163. The van der Waals surface area contributed by atoms with E-state index < -0.39 is 8.80 Å². The summed E-state index contributed by atoms with van der Waals surface area (Å²) in [5.41, 5.74) is 0.198. The molecule has 0 amide bonds. The predicted molar refractivity (Wildman–Crippen MR) is 74.1 cm³/mol. The van der Waals surface area contributed by atoms with Gasteiger partial charge in [0, 0.05) is 26.9 Å². The van der Waals surface area contributed by atoms with Crippen LogP contribution < -0.4 is 0 Å². The monoisotopic (exact) mass is 260 g/mol. The summed E-state index contributed by atoms with van der Waals surface area (Å²) < 4.78 is 16.5. The molecule has 0 saturated heterocycles. The largest absolute Gasteiger partial charge is 0.507 e. The van der Waals surface area contributed by atoms with Crippen LogP contribution in [-0.2, 0) is 13.3 Å². The van der Waals surface area contributed by atoms with Gasteiger partial charge in [-0.3, -0.25) is 0 Å². The number of hydrogen-bond donors (Lipinski definition) is 0. The highest BCUT2D eigenvalue weighted by atomic mass is 28.4. The van der Waals surface area contributed by atoms with E-state index in [0.717, 1.165) is 6.42 Å². The van der Waals surface area contributed by atoms with Crippen LogP contribution in [-0.4, -0.2) is 30.1 Å². The Kier molecular flexibility index (Phi) is 9.73. The van der Waals surface area contributed by atoms with Crippen LogP contribution in [0.15, 0.2) is 12.7 Å². The van der Waals surface area contributed by atoms with E-state index in [9.17, 15) is 0 Å². The molecule has 0 aromatic carbocycles. The molecule has 0 aliphatic rings. The third-order valence-electron chi connectivity index (χ3n) is 3.21. The van der Waals surface area contributed by atoms with E-state index in [1.807, 2.05) is 6.08 Å². The standard InChI is InChI=1S/C13H28O3Si/c1-6-8-9-10-11-12-13(7-2)17(14-3,15-4)16-5/h7,13H,2,6,8-12H2,1,3-5H3. The normalized spacial score (nSPS) is 13.6. The molecule has 0 N–H and O–H groups in total. The second-order valence-electron chi connectivity index (χ2n) is 4.26. The Labute approximate surface area is 108 Å². The highest BCUT2D eigenvalue weighted by molar-refractivity contribution is 6.62. The van der Waals surface area contributed by atoms with Crippen molar-refractivity contribution in [2.24, 2.45) is 0 Å². The van der Waals surface area contributed by atoms with Gasteiger partial charge in [-0.1, -0.05) is 45.1 Å². The molecule has 0 saturated carbocycles. The smallest absolute Gasteiger partial charge is 0.376 e. The van der Waals surface area contributed by atoms with Gasteiger partial charge in [0.1, 0.15) is 0 Å². The Balaban J connectivity index is 4.16. The van der Waals surface area contributed by atoms with Crippen molar-refractivity contribution in [1.82, 2.24) is 0 Å². The highest BCUT2D eigenvalue weighted by Gasteiger charge is 2.45. The van der Waals surface area contributed by atoms with Crippen molar-refractivity contribution in [3.05, 3.63) is 12.7 Å². The van der Waals surface area contributed by atoms with Gasteiger partial charge >= 0.3 is 8.80 Å². The van der Waals surface area contributed by atoms with E-state index in [-0.39, 0.29) is 5.54 Å². The predicted octanol–water partition coefficient (Wildman–Crippen LogP) is 3.78. The van der Waals surface area contributed by atoms with E-state index in [1.54, 1.807) is 21.3 Å². The Morgan fingerprint density at radius 2 is 1.53 bits per heavy atom. The molecular weight excluding hydrogens is 232 g/mol. The number of allylic oxidation sites excluding steroid dienone is 1. The van der Waals surface area contributed by atoms with Crippen molar-refractivity contribution in [2.75, 3.05) is 21.3 Å². The van der Waals surface area contributed by atoms with Gasteiger partial charge in [0.2, 0.25) is 0 Å². The summed E-state index contributed by atoms with van der Waals surface area (Å²) in [7, 11) is 2.45. The molecule has 0 aromatic heterocycles. The van der Waals surface area contributed by atoms with Gasteiger partial charge < -0.3 is 13.3 Å². The summed E-state index contributed by atoms with van der Waals surface area (Å²) in [5.74, 6) is 0. The summed E-state index contributed by atoms with van der Waals surface area (Å²) in [6.07, 6.45) is 9.30. The topological polar surface area (TPSA) is 27.7 Å². The van der Waals surface area contributed by atoms with Crippen LogP contribution in [0.4, 0.5) is 0 Å². The molecule has 102 valence electrons. The third-order valence-corrected chi connectivity index (χ3v) is 6.35. The Morgan fingerprint density at radius 1 is 1.00 bits per heavy atom. The zero-order valence-corrected chi connectivity index (χ0v) is 12.8. The van der Waals surface area contributed by atoms with Crippen LogP contribution in [0.25, 0.3) is 0 Å². The van der Waals surface area contributed by atoms with Crippen LogP contribution in [0.2, 0.25) is 5.54 Å². The second-order valence-corrected chi connectivity index (χ2v) is 7.43. The lowest BCUT2D eigenvalue weighted by Crippen LogP contribution is -2.47. The van der Waals surface area contributed by atoms with Crippen LogP contribution in [0.5, 0.6) is 0 Å². The maximum Gasteiger partial charge on any atom is 0.507 e. The quantitative estimate of drug-likeness (QED) is 0.321. The first kappa shape index (κ1) is 16.8. The van der Waals surface area contributed by atoms with Crippen LogP contribution in [0, 0.1) is 0 Å². The molecule has 0 radical (unpaired) electrons. The lowest BCUT2D eigenvalue weighted by atomic mass is 10.1. The molecule has 17 heavy (non-hydrogen) atoms. The fourth-order valence-electron chi connectivity index (χ4n) is 2.11. The van der Waals surface area contributed by atoms with Crippen molar-refractivity contribution >= 4 is 8.80 Å². The van der Waals surface area contributed by atoms with Gasteiger partial charge in [0.15, 0.2) is 0 Å². The minimum absolute atomic E-state index is 0.198. The molecule has 4 heteroatoms. The molecule has 0 rings (SSSR count). The fourth-order valence-corrected chi connectivity index (χ4v) is 4.37. The maximum atomic E-state index is 5.49. The zero-order valence-electron chi connectivity index (χ0n) is 11.8. The first-order valence-electron chi connectivity index (χ1n) is 6.48. The minimum Gasteiger partial charge on any atom is -0.376 e. The molecule has 0 spiro atoms. The first-order valence-corrected chi connectivity index (χ1v) is 8.28. The molecule has 1 unspecified atom stereocenters. The van der Waals surface area contributed by atoms with Crippen LogP contribution in [0.3, 0.4) is 0 Å². The third kappa shape index (κ3) is 5.34. The van der Waals surface area contributed by atoms with Gasteiger partial charge in [-0.05, 0) is 6.42 Å². The van der Waals surface area contributed by atoms with E-state index >= 15 is 0 Å². The molecule has 0 bridgehead atoms. The van der Waals surface area contributed by atoms with Crippen LogP contribution >= 0.6 is 0 Å². The minimum atomic E-state index is -2.53. The Bertz CT molecular complexity index is 185. The highest BCUT2D eigenvalue weighted by Crippen LogP contribution is 2.30. The van der Waals surface area contributed by atoms with E-state index in [4.69, 9.17) is 13.3 Å². The average Bonchev–Trinajstić information content (AvgIpc) is 2.38. The van der Waals surface area contributed by atoms with Gasteiger partial charge in [-0.15, -0.1) is 6.58 Å². The van der Waals surface area contributed by atoms with Gasteiger partial charge in [0.25, 0.3) is 0 Å². The molecule has 0 fully saturated rings. The molecule has 1 atom stereocenters. The van der Waals surface area contributed by atoms with Gasteiger partial charge in [-0.2, -0.15) is 0 Å². The summed E-state index contributed by atoms with van der Waals surface area (Å²) >= 11 is 0. The summed E-state index contributed by atoms with van der Waals surface area (Å²) in [6.45, 7) is 6.11. The summed E-state index contributed by atoms with van der Waals surface area (Å²) in [6, 6.07) is 0. The average molecular weight is 260 g/mol. The lowest BCUT2D eigenvalue weighted by molar-refractivity contribution is 0.115. The van der Waals surface area contributed by atoms with Crippen molar-refractivity contribution in [3.63, 3.8) is 0 Å². The molecule has 0 heterocycles. The van der Waals surface area contributed by atoms with Crippen molar-refractivity contribution < 1.29 is 13.3 Å². The number of rotatable bonds is 11. The van der Waals surface area contributed by atoms with Gasteiger partial charge in [-0.25, -0.2) is 0 Å². The first-order chi connectivity index (χ1) is 8.20. The maximum absolute atomic E-state index is 5.49. The molecule has 0 aliphatic carbocycles. The van der Waals surface area contributed by atoms with Crippen LogP contribution in [0.1, 0.15) is 45.4 Å². The van der Waals surface area contributed by atoms with Gasteiger partial charge in [0.05, 0.1) is 0 Å².